The van der Waals surface area contributed by atoms with E-state index in [0.717, 1.165) is 5.56 Å². The summed E-state index contributed by atoms with van der Waals surface area (Å²) < 4.78 is 5.27. The number of carbonyl (C=O) groups is 1. The Hall–Kier alpha value is -2.88. The van der Waals surface area contributed by atoms with Gasteiger partial charge >= 0.3 is 5.97 Å². The molecule has 2 aromatic carbocycles. The molecule has 0 radical (unpaired) electrons. The molecular weight excluding hydrogens is 278 g/mol. The minimum absolute atomic E-state index is 0.0897. The van der Waals surface area contributed by atoms with Crippen molar-refractivity contribution in [2.24, 2.45) is 5.16 Å². The third-order valence-corrected chi connectivity index (χ3v) is 3.39. The van der Waals surface area contributed by atoms with Crippen molar-refractivity contribution >= 4 is 11.7 Å². The lowest BCUT2D eigenvalue weighted by molar-refractivity contribution is 0.0162. The van der Waals surface area contributed by atoms with Crippen LogP contribution < -0.4 is 0 Å². The number of rotatable bonds is 4. The molecule has 3 rings (SSSR count). The number of esters is 1. The maximum absolute atomic E-state index is 11.9. The molecule has 1 unspecified atom stereocenters. The second kappa shape index (κ2) is 6.26. The van der Waals surface area contributed by atoms with Gasteiger partial charge in [0, 0.05) is 11.1 Å². The van der Waals surface area contributed by atoms with Gasteiger partial charge in [0.25, 0.3) is 0 Å². The minimum Gasteiger partial charge on any atom is -0.458 e. The number of oxime groups is 1. The van der Waals surface area contributed by atoms with Crippen molar-refractivity contribution in [1.82, 2.24) is 0 Å². The zero-order chi connectivity index (χ0) is 15.4. The van der Waals surface area contributed by atoms with Crippen molar-refractivity contribution in [3.05, 3.63) is 83.9 Å². The third kappa shape index (κ3) is 2.91. The Labute approximate surface area is 128 Å². The van der Waals surface area contributed by atoms with E-state index in [-0.39, 0.29) is 12.6 Å². The summed E-state index contributed by atoms with van der Waals surface area (Å²) in [5, 5.41) is 4.04. The van der Waals surface area contributed by atoms with Gasteiger partial charge in [-0.15, -0.1) is 0 Å². The van der Waals surface area contributed by atoms with Crippen LogP contribution in [0.1, 0.15) is 15.9 Å². The first-order valence-electron chi connectivity index (χ1n) is 6.96. The Morgan fingerprint density at radius 2 is 1.73 bits per heavy atom. The predicted molar refractivity (Wildman–Crippen MR) is 83.7 cm³/mol. The lowest BCUT2D eigenvalue weighted by atomic mass is 10.0. The third-order valence-electron chi connectivity index (χ3n) is 3.39. The normalized spacial score (nSPS) is 16.8. The van der Waals surface area contributed by atoms with Crippen molar-refractivity contribution in [1.29, 1.82) is 0 Å². The second-order valence-corrected chi connectivity index (χ2v) is 4.89. The van der Waals surface area contributed by atoms with Crippen LogP contribution in [0.5, 0.6) is 0 Å². The number of hydrogen-bond donors (Lipinski definition) is 0. The van der Waals surface area contributed by atoms with Gasteiger partial charge in [0.15, 0.2) is 6.10 Å². The van der Waals surface area contributed by atoms with Gasteiger partial charge in [-0.05, 0) is 12.1 Å². The largest absolute Gasteiger partial charge is 0.458 e. The molecule has 0 aromatic heterocycles. The van der Waals surface area contributed by atoms with E-state index < -0.39 is 6.10 Å². The molecule has 0 spiro atoms. The predicted octanol–water partition coefficient (Wildman–Crippen LogP) is 3.20. The molecule has 0 saturated carbocycles. The summed E-state index contributed by atoms with van der Waals surface area (Å²) in [5.74, 6) is -0.384. The second-order valence-electron chi connectivity index (χ2n) is 4.89. The van der Waals surface area contributed by atoms with Crippen LogP contribution in [0.15, 0.2) is 78.0 Å². The van der Waals surface area contributed by atoms with E-state index in [4.69, 9.17) is 9.57 Å². The average molecular weight is 293 g/mol. The molecule has 1 aliphatic rings. The molecule has 110 valence electrons. The van der Waals surface area contributed by atoms with Crippen molar-refractivity contribution < 1.29 is 14.4 Å². The molecule has 0 N–H and O–H groups in total. The number of nitrogens with zero attached hydrogens (tertiary/aromatic N) is 1. The van der Waals surface area contributed by atoms with E-state index in [0.29, 0.717) is 16.8 Å². The van der Waals surface area contributed by atoms with Gasteiger partial charge < -0.3 is 9.57 Å². The Bertz CT molecular complexity index is 708. The van der Waals surface area contributed by atoms with Crippen LogP contribution in [0, 0.1) is 0 Å². The smallest absolute Gasteiger partial charge is 0.338 e. The fraction of sp³-hybridized carbons (Fsp3) is 0.111. The molecule has 4 nitrogen and oxygen atoms in total. The number of benzene rings is 2. The quantitative estimate of drug-likeness (QED) is 0.813. The summed E-state index contributed by atoms with van der Waals surface area (Å²) in [6.45, 7) is 4.09. The molecule has 1 aliphatic heterocycles. The van der Waals surface area contributed by atoms with Crippen LogP contribution in [0.3, 0.4) is 0 Å². The highest BCUT2D eigenvalue weighted by molar-refractivity contribution is 6.13. The van der Waals surface area contributed by atoms with Gasteiger partial charge in [0.05, 0.1) is 5.56 Å². The number of ether oxygens (including phenoxy) is 1. The molecule has 0 saturated heterocycles. The van der Waals surface area contributed by atoms with Gasteiger partial charge in [-0.1, -0.05) is 60.3 Å². The Morgan fingerprint density at radius 3 is 2.41 bits per heavy atom. The van der Waals surface area contributed by atoms with E-state index in [1.54, 1.807) is 24.3 Å². The zero-order valence-electron chi connectivity index (χ0n) is 11.9. The van der Waals surface area contributed by atoms with Gasteiger partial charge in [-0.25, -0.2) is 4.79 Å². The first kappa shape index (κ1) is 14.1. The highest BCUT2D eigenvalue weighted by atomic mass is 16.7. The van der Waals surface area contributed by atoms with E-state index in [1.165, 1.54) is 0 Å². The molecule has 1 heterocycles. The first-order chi connectivity index (χ1) is 10.8. The maximum Gasteiger partial charge on any atom is 0.338 e. The average Bonchev–Trinajstić information content (AvgIpc) is 2.95. The molecule has 0 aliphatic carbocycles. The Balaban J connectivity index is 1.60. The lowest BCUT2D eigenvalue weighted by Crippen LogP contribution is -2.21. The van der Waals surface area contributed by atoms with E-state index in [9.17, 15) is 4.79 Å². The first-order valence-corrected chi connectivity index (χ1v) is 6.96. The summed E-state index contributed by atoms with van der Waals surface area (Å²) in [4.78, 5) is 17.2. The van der Waals surface area contributed by atoms with Crippen LogP contribution in [0.25, 0.3) is 0 Å². The van der Waals surface area contributed by atoms with Gasteiger partial charge in [0.2, 0.25) is 0 Å². The van der Waals surface area contributed by atoms with Gasteiger partial charge in [0.1, 0.15) is 12.3 Å². The van der Waals surface area contributed by atoms with E-state index in [2.05, 4.69) is 11.7 Å². The maximum atomic E-state index is 11.9. The summed E-state index contributed by atoms with van der Waals surface area (Å²) in [6.07, 6.45) is -0.442. The van der Waals surface area contributed by atoms with E-state index >= 15 is 0 Å². The highest BCUT2D eigenvalue weighted by Crippen LogP contribution is 2.21. The van der Waals surface area contributed by atoms with Crippen LogP contribution in [-0.2, 0) is 9.57 Å². The monoisotopic (exact) mass is 293 g/mol. The zero-order valence-corrected chi connectivity index (χ0v) is 11.9. The summed E-state index contributed by atoms with van der Waals surface area (Å²) in [7, 11) is 0. The minimum atomic E-state index is -0.442. The van der Waals surface area contributed by atoms with Crippen LogP contribution >= 0.6 is 0 Å². The standard InChI is InChI=1S/C18H15NO3/c1-13-16(12-21-18(20)15-10-6-3-7-11-15)22-19-17(13)14-8-4-2-5-9-14/h2-11,16H,1,12H2. The topological polar surface area (TPSA) is 47.9 Å². The molecule has 1 atom stereocenters. The van der Waals surface area contributed by atoms with Crippen molar-refractivity contribution in [3.63, 3.8) is 0 Å². The molecule has 4 heteroatoms. The summed E-state index contributed by atoms with van der Waals surface area (Å²) >= 11 is 0. The molecule has 0 amide bonds. The Morgan fingerprint density at radius 1 is 1.09 bits per heavy atom. The molecule has 0 bridgehead atoms. The van der Waals surface area contributed by atoms with Gasteiger partial charge in [-0.3, -0.25) is 0 Å². The highest BCUT2D eigenvalue weighted by Gasteiger charge is 2.28. The summed E-state index contributed by atoms with van der Waals surface area (Å²) in [5.41, 5.74) is 2.85. The van der Waals surface area contributed by atoms with Crippen molar-refractivity contribution in [2.75, 3.05) is 6.61 Å². The number of hydrogen-bond acceptors (Lipinski definition) is 4. The molecule has 22 heavy (non-hydrogen) atoms. The van der Waals surface area contributed by atoms with Gasteiger partial charge in [-0.2, -0.15) is 0 Å². The molecule has 0 fully saturated rings. The molecular formula is C18H15NO3. The van der Waals surface area contributed by atoms with Crippen LogP contribution in [0.2, 0.25) is 0 Å². The van der Waals surface area contributed by atoms with Crippen LogP contribution in [0.4, 0.5) is 0 Å². The van der Waals surface area contributed by atoms with Crippen molar-refractivity contribution in [3.8, 4) is 0 Å². The summed E-state index contributed by atoms with van der Waals surface area (Å²) in [6, 6.07) is 18.5. The van der Waals surface area contributed by atoms with Crippen LogP contribution in [-0.4, -0.2) is 24.4 Å². The fourth-order valence-electron chi connectivity index (χ4n) is 2.17. The Kier molecular flexibility index (Phi) is 4.01. The molecule has 2 aromatic rings. The lowest BCUT2D eigenvalue weighted by Gasteiger charge is -2.11. The SMILES string of the molecule is C=C1C(c2ccccc2)=NOC1COC(=O)c1ccccc1. The van der Waals surface area contributed by atoms with Crippen molar-refractivity contribution in [2.45, 2.75) is 6.10 Å². The van der Waals surface area contributed by atoms with E-state index in [1.807, 2.05) is 36.4 Å². The number of carbonyl (C=O) groups excluding carboxylic acids is 1. The fourth-order valence-corrected chi connectivity index (χ4v) is 2.17.